The second-order valence-corrected chi connectivity index (χ2v) is 4.12. The van der Waals surface area contributed by atoms with Crippen LogP contribution in [-0.4, -0.2) is 22.8 Å². The van der Waals surface area contributed by atoms with E-state index in [9.17, 15) is 4.79 Å². The van der Waals surface area contributed by atoms with E-state index in [2.05, 4.69) is 26.2 Å². The van der Waals surface area contributed by atoms with Gasteiger partial charge in [0.1, 0.15) is 5.69 Å². The highest BCUT2D eigenvalue weighted by atomic mass is 79.9. The smallest absolute Gasteiger partial charge is 0.270 e. The van der Waals surface area contributed by atoms with Gasteiger partial charge in [0, 0.05) is 23.5 Å². The lowest BCUT2D eigenvalue weighted by Crippen LogP contribution is -2.26. The van der Waals surface area contributed by atoms with Crippen LogP contribution in [0.1, 0.15) is 10.5 Å². The molecule has 0 bridgehead atoms. The van der Waals surface area contributed by atoms with E-state index in [1.165, 1.54) is 0 Å². The van der Waals surface area contributed by atoms with Crippen LogP contribution in [0.5, 0.6) is 0 Å². The number of nitrogens with zero attached hydrogens (tertiary/aromatic N) is 1. The fourth-order valence-corrected chi connectivity index (χ4v) is 1.74. The Bertz CT molecular complexity index is 508. The first-order valence-corrected chi connectivity index (χ1v) is 6.13. The van der Waals surface area contributed by atoms with Crippen molar-refractivity contribution < 1.29 is 4.79 Å². The molecule has 0 fully saturated rings. The van der Waals surface area contributed by atoms with Crippen molar-refractivity contribution in [3.63, 3.8) is 0 Å². The van der Waals surface area contributed by atoms with Gasteiger partial charge < -0.3 is 5.32 Å². The third-order valence-corrected chi connectivity index (χ3v) is 2.67. The average molecular weight is 279 g/mol. The molecule has 1 N–H and O–H groups in total. The number of rotatable bonds is 3. The molecular formula is C12H11BrN2O. The molecule has 16 heavy (non-hydrogen) atoms. The summed E-state index contributed by atoms with van der Waals surface area (Å²) in [6.45, 7) is 0.601. The lowest BCUT2D eigenvalue weighted by molar-refractivity contribution is 0.0953. The Kier molecular flexibility index (Phi) is 3.51. The van der Waals surface area contributed by atoms with Gasteiger partial charge in [-0.1, -0.05) is 40.2 Å². The first-order valence-electron chi connectivity index (χ1n) is 5.01. The highest BCUT2D eigenvalue weighted by molar-refractivity contribution is 9.09. The van der Waals surface area contributed by atoms with Gasteiger partial charge in [-0.3, -0.25) is 9.78 Å². The molecule has 0 aliphatic heterocycles. The third-order valence-electron chi connectivity index (χ3n) is 2.27. The Morgan fingerprint density at radius 3 is 2.94 bits per heavy atom. The highest BCUT2D eigenvalue weighted by Crippen LogP contribution is 2.15. The molecule has 2 rings (SSSR count). The molecule has 0 unspecified atom stereocenters. The van der Waals surface area contributed by atoms with Crippen molar-refractivity contribution in [2.24, 2.45) is 0 Å². The molecular weight excluding hydrogens is 268 g/mol. The zero-order valence-corrected chi connectivity index (χ0v) is 10.2. The van der Waals surface area contributed by atoms with Crippen molar-refractivity contribution in [2.75, 3.05) is 11.9 Å². The van der Waals surface area contributed by atoms with Crippen LogP contribution in [0.2, 0.25) is 0 Å². The van der Waals surface area contributed by atoms with Crippen LogP contribution in [0, 0.1) is 0 Å². The number of aromatic nitrogens is 1. The molecule has 0 atom stereocenters. The van der Waals surface area contributed by atoms with Gasteiger partial charge in [-0.2, -0.15) is 0 Å². The Morgan fingerprint density at radius 2 is 2.12 bits per heavy atom. The fraction of sp³-hybridized carbons (Fsp3) is 0.167. The molecule has 0 spiro atoms. The minimum absolute atomic E-state index is 0.128. The van der Waals surface area contributed by atoms with E-state index >= 15 is 0 Å². The lowest BCUT2D eigenvalue weighted by Gasteiger charge is -2.05. The number of alkyl halides is 1. The number of hydrogen-bond acceptors (Lipinski definition) is 2. The molecule has 1 heterocycles. The summed E-state index contributed by atoms with van der Waals surface area (Å²) in [6.07, 6.45) is 1.66. The lowest BCUT2D eigenvalue weighted by atomic mass is 10.1. The molecule has 0 radical (unpaired) electrons. The van der Waals surface area contributed by atoms with Crippen molar-refractivity contribution >= 4 is 32.6 Å². The number of carbonyl (C=O) groups excluding carboxylic acids is 1. The van der Waals surface area contributed by atoms with Crippen LogP contribution < -0.4 is 5.32 Å². The van der Waals surface area contributed by atoms with Crippen LogP contribution in [0.25, 0.3) is 10.8 Å². The summed E-state index contributed by atoms with van der Waals surface area (Å²) < 4.78 is 0. The SMILES string of the molecule is O=C(NCCBr)c1nccc2ccccc12. The Hall–Kier alpha value is -1.42. The second-order valence-electron chi connectivity index (χ2n) is 3.33. The van der Waals surface area contributed by atoms with Gasteiger partial charge in [-0.25, -0.2) is 0 Å². The number of hydrogen-bond donors (Lipinski definition) is 1. The molecule has 0 saturated heterocycles. The van der Waals surface area contributed by atoms with Crippen molar-refractivity contribution in [2.45, 2.75) is 0 Å². The summed E-state index contributed by atoms with van der Waals surface area (Å²) >= 11 is 3.27. The van der Waals surface area contributed by atoms with Gasteiger partial charge in [0.2, 0.25) is 0 Å². The van der Waals surface area contributed by atoms with Crippen LogP contribution in [0.4, 0.5) is 0 Å². The van der Waals surface area contributed by atoms with E-state index in [0.29, 0.717) is 12.2 Å². The van der Waals surface area contributed by atoms with Crippen LogP contribution in [-0.2, 0) is 0 Å². The summed E-state index contributed by atoms with van der Waals surface area (Å²) in [5.41, 5.74) is 0.485. The Labute approximate surface area is 102 Å². The summed E-state index contributed by atoms with van der Waals surface area (Å²) in [5, 5.41) is 5.45. The molecule has 1 aromatic carbocycles. The first kappa shape index (κ1) is 11.1. The molecule has 1 aromatic heterocycles. The van der Waals surface area contributed by atoms with E-state index in [-0.39, 0.29) is 5.91 Å². The molecule has 0 aliphatic carbocycles. The van der Waals surface area contributed by atoms with Gasteiger partial charge in [0.05, 0.1) is 0 Å². The first-order chi connectivity index (χ1) is 7.83. The third kappa shape index (κ3) is 2.22. The van der Waals surface area contributed by atoms with E-state index in [0.717, 1.165) is 16.1 Å². The quantitative estimate of drug-likeness (QED) is 0.876. The number of fused-ring (bicyclic) bond motifs is 1. The zero-order valence-electron chi connectivity index (χ0n) is 8.61. The number of benzene rings is 1. The maximum absolute atomic E-state index is 11.8. The van der Waals surface area contributed by atoms with Crippen molar-refractivity contribution in [3.8, 4) is 0 Å². The standard InChI is InChI=1S/C12H11BrN2O/c13-6-8-15-12(16)11-10-4-2-1-3-9(10)5-7-14-11/h1-5,7H,6,8H2,(H,15,16). The maximum Gasteiger partial charge on any atom is 0.270 e. The Morgan fingerprint density at radius 1 is 1.31 bits per heavy atom. The Balaban J connectivity index is 2.40. The van der Waals surface area contributed by atoms with E-state index in [1.54, 1.807) is 6.20 Å². The molecule has 2 aromatic rings. The molecule has 0 saturated carbocycles. The highest BCUT2D eigenvalue weighted by Gasteiger charge is 2.09. The van der Waals surface area contributed by atoms with E-state index in [1.807, 2.05) is 30.3 Å². The van der Waals surface area contributed by atoms with Gasteiger partial charge in [0.25, 0.3) is 5.91 Å². The molecule has 82 valence electrons. The fourth-order valence-electron chi connectivity index (χ4n) is 1.55. The number of amides is 1. The molecule has 3 nitrogen and oxygen atoms in total. The molecule has 1 amide bonds. The minimum atomic E-state index is -0.128. The number of carbonyl (C=O) groups is 1. The predicted molar refractivity (Wildman–Crippen MR) is 67.9 cm³/mol. The van der Waals surface area contributed by atoms with Gasteiger partial charge >= 0.3 is 0 Å². The monoisotopic (exact) mass is 278 g/mol. The van der Waals surface area contributed by atoms with Crippen molar-refractivity contribution in [1.29, 1.82) is 0 Å². The van der Waals surface area contributed by atoms with E-state index < -0.39 is 0 Å². The normalized spacial score (nSPS) is 10.3. The van der Waals surface area contributed by atoms with Crippen LogP contribution in [0.15, 0.2) is 36.5 Å². The summed E-state index contributed by atoms with van der Waals surface area (Å²) in [4.78, 5) is 16.0. The average Bonchev–Trinajstić information content (AvgIpc) is 2.35. The maximum atomic E-state index is 11.8. The number of pyridine rings is 1. The zero-order chi connectivity index (χ0) is 11.4. The van der Waals surface area contributed by atoms with Crippen LogP contribution >= 0.6 is 15.9 Å². The van der Waals surface area contributed by atoms with Gasteiger partial charge in [-0.15, -0.1) is 0 Å². The topological polar surface area (TPSA) is 42.0 Å². The predicted octanol–water partition coefficient (Wildman–Crippen LogP) is 2.36. The largest absolute Gasteiger partial charge is 0.350 e. The summed E-state index contributed by atoms with van der Waals surface area (Å²) in [6, 6.07) is 9.63. The van der Waals surface area contributed by atoms with Gasteiger partial charge in [-0.05, 0) is 11.5 Å². The van der Waals surface area contributed by atoms with Crippen molar-refractivity contribution in [1.82, 2.24) is 10.3 Å². The second kappa shape index (κ2) is 5.07. The minimum Gasteiger partial charge on any atom is -0.350 e. The summed E-state index contributed by atoms with van der Waals surface area (Å²) in [5.74, 6) is -0.128. The van der Waals surface area contributed by atoms with E-state index in [4.69, 9.17) is 0 Å². The van der Waals surface area contributed by atoms with Crippen molar-refractivity contribution in [3.05, 3.63) is 42.2 Å². The van der Waals surface area contributed by atoms with Gasteiger partial charge in [0.15, 0.2) is 0 Å². The number of nitrogens with one attached hydrogen (secondary N) is 1. The molecule has 0 aliphatic rings. The molecule has 4 heteroatoms. The number of halogens is 1. The summed E-state index contributed by atoms with van der Waals surface area (Å²) in [7, 11) is 0. The van der Waals surface area contributed by atoms with Crippen LogP contribution in [0.3, 0.4) is 0 Å².